The summed E-state index contributed by atoms with van der Waals surface area (Å²) in [4.78, 5) is 16.2. The van der Waals surface area contributed by atoms with Gasteiger partial charge < -0.3 is 0 Å². The van der Waals surface area contributed by atoms with Crippen LogP contribution in [0, 0.1) is 13.1 Å². The average Bonchev–Trinajstić information content (AvgIpc) is 2.19. The molecule has 4 heteroatoms. The van der Waals surface area contributed by atoms with Crippen LogP contribution < -0.4 is 0 Å². The summed E-state index contributed by atoms with van der Waals surface area (Å²) in [6.45, 7) is 1.88. The van der Waals surface area contributed by atoms with E-state index in [4.69, 9.17) is 0 Å². The Hall–Kier alpha value is -1.84. The number of hydrogen-bond acceptors (Lipinski definition) is 4. The highest BCUT2D eigenvalue weighted by Gasteiger charge is 2.00. The van der Waals surface area contributed by atoms with Crippen LogP contribution in [0.4, 0.5) is 0 Å². The molecule has 0 saturated carbocycles. The number of hydrogen-bond donors (Lipinski definition) is 0. The van der Waals surface area contributed by atoms with Gasteiger partial charge in [-0.2, -0.15) is 0 Å². The summed E-state index contributed by atoms with van der Waals surface area (Å²) in [6, 6.07) is 0. The van der Waals surface area contributed by atoms with E-state index in [0.717, 1.165) is 5.69 Å². The molecule has 0 saturated heterocycles. The van der Waals surface area contributed by atoms with Crippen LogP contribution in [0.25, 0.3) is 11.4 Å². The predicted molar refractivity (Wildman–Crippen MR) is 46.6 cm³/mol. The van der Waals surface area contributed by atoms with E-state index in [2.05, 4.69) is 26.1 Å². The van der Waals surface area contributed by atoms with Gasteiger partial charge in [-0.1, -0.05) is 0 Å². The minimum Gasteiger partial charge on any atom is -0.261 e. The van der Waals surface area contributed by atoms with E-state index in [9.17, 15) is 0 Å². The van der Waals surface area contributed by atoms with Crippen molar-refractivity contribution in [2.24, 2.45) is 0 Å². The highest BCUT2D eigenvalue weighted by Crippen LogP contribution is 2.09. The van der Waals surface area contributed by atoms with Crippen LogP contribution in [0.15, 0.2) is 24.8 Å². The molecule has 0 atom stereocenters. The summed E-state index contributed by atoms with van der Waals surface area (Å²) in [5.41, 5.74) is 2.18. The molecule has 0 fully saturated rings. The largest absolute Gasteiger partial charge is 0.261 e. The van der Waals surface area contributed by atoms with E-state index in [1.54, 1.807) is 24.8 Å². The maximum atomic E-state index is 4.25. The van der Waals surface area contributed by atoms with Crippen molar-refractivity contribution >= 4 is 0 Å². The zero-order valence-electron chi connectivity index (χ0n) is 7.10. The van der Waals surface area contributed by atoms with Crippen molar-refractivity contribution in [3.63, 3.8) is 0 Å². The summed E-state index contributed by atoms with van der Waals surface area (Å²) in [5, 5.41) is 0. The monoisotopic (exact) mass is 171 g/mol. The number of aryl methyl sites for hydroxylation is 1. The molecule has 0 aliphatic rings. The van der Waals surface area contributed by atoms with Crippen LogP contribution in [0.2, 0.25) is 0 Å². The lowest BCUT2D eigenvalue weighted by atomic mass is 10.3. The quantitative estimate of drug-likeness (QED) is 0.643. The molecule has 0 aliphatic heterocycles. The molecule has 0 aromatic carbocycles. The van der Waals surface area contributed by atoms with Gasteiger partial charge in [0.1, 0.15) is 17.6 Å². The van der Waals surface area contributed by atoms with Crippen LogP contribution in [0.3, 0.4) is 0 Å². The summed E-state index contributed by atoms with van der Waals surface area (Å²) in [6.07, 6.45) is 9.27. The van der Waals surface area contributed by atoms with Crippen LogP contribution in [0.1, 0.15) is 5.69 Å². The molecule has 0 N–H and O–H groups in total. The van der Waals surface area contributed by atoms with Gasteiger partial charge in [0, 0.05) is 18.6 Å². The molecule has 2 rings (SSSR count). The second-order valence-electron chi connectivity index (χ2n) is 2.56. The lowest BCUT2D eigenvalue weighted by Gasteiger charge is -1.97. The molecule has 63 valence electrons. The van der Waals surface area contributed by atoms with Gasteiger partial charge in [-0.3, -0.25) is 15.0 Å². The van der Waals surface area contributed by atoms with Crippen molar-refractivity contribution in [1.82, 2.24) is 19.9 Å². The molecule has 13 heavy (non-hydrogen) atoms. The van der Waals surface area contributed by atoms with Gasteiger partial charge in [-0.25, -0.2) is 4.98 Å². The van der Waals surface area contributed by atoms with Crippen LogP contribution in [0.5, 0.6) is 0 Å². The highest BCUT2D eigenvalue weighted by molar-refractivity contribution is 5.49. The molecular formula is C9H7N4. The van der Waals surface area contributed by atoms with Gasteiger partial charge in [-0.15, -0.1) is 0 Å². The van der Waals surface area contributed by atoms with E-state index in [-0.39, 0.29) is 0 Å². The van der Waals surface area contributed by atoms with Crippen molar-refractivity contribution in [1.29, 1.82) is 0 Å². The van der Waals surface area contributed by atoms with Crippen molar-refractivity contribution in [3.05, 3.63) is 36.7 Å². The molecule has 4 nitrogen and oxygen atoms in total. The van der Waals surface area contributed by atoms with Crippen LogP contribution in [-0.4, -0.2) is 19.9 Å². The first kappa shape index (κ1) is 7.79. The molecule has 0 unspecified atom stereocenters. The summed E-state index contributed by atoms with van der Waals surface area (Å²) in [5.74, 6) is 0. The topological polar surface area (TPSA) is 51.6 Å². The average molecular weight is 171 g/mol. The molecule has 0 amide bonds. The Labute approximate surface area is 75.7 Å². The molecule has 2 aromatic heterocycles. The summed E-state index contributed by atoms with van der Waals surface area (Å²) in [7, 11) is 0. The van der Waals surface area contributed by atoms with E-state index >= 15 is 0 Å². The van der Waals surface area contributed by atoms with E-state index in [1.807, 2.05) is 6.92 Å². The van der Waals surface area contributed by atoms with Crippen molar-refractivity contribution < 1.29 is 0 Å². The minimum atomic E-state index is 0.624. The van der Waals surface area contributed by atoms with E-state index in [1.165, 1.54) is 0 Å². The fraction of sp³-hybridized carbons (Fsp3) is 0.111. The number of rotatable bonds is 1. The normalized spacial score (nSPS) is 9.92. The first-order valence-corrected chi connectivity index (χ1v) is 3.84. The zero-order valence-corrected chi connectivity index (χ0v) is 7.10. The predicted octanol–water partition coefficient (Wildman–Crippen LogP) is 1.04. The van der Waals surface area contributed by atoms with Gasteiger partial charge in [-0.05, 0) is 6.92 Å². The molecule has 0 spiro atoms. The Morgan fingerprint density at radius 1 is 1.23 bits per heavy atom. The highest BCUT2D eigenvalue weighted by atomic mass is 14.8. The van der Waals surface area contributed by atoms with Gasteiger partial charge >= 0.3 is 0 Å². The summed E-state index contributed by atoms with van der Waals surface area (Å²) < 4.78 is 0. The first-order chi connectivity index (χ1) is 6.36. The molecular weight excluding hydrogens is 164 g/mol. The van der Waals surface area contributed by atoms with Crippen molar-refractivity contribution in [2.45, 2.75) is 6.92 Å². The van der Waals surface area contributed by atoms with E-state index < -0.39 is 0 Å². The Bertz CT molecular complexity index is 399. The first-order valence-electron chi connectivity index (χ1n) is 3.84. The Kier molecular flexibility index (Phi) is 1.96. The van der Waals surface area contributed by atoms with Crippen molar-refractivity contribution in [2.75, 3.05) is 0 Å². The smallest absolute Gasteiger partial charge is 0.119 e. The zero-order chi connectivity index (χ0) is 9.10. The lowest BCUT2D eigenvalue weighted by molar-refractivity contribution is 1.09. The molecule has 1 radical (unpaired) electrons. The third-order valence-electron chi connectivity index (χ3n) is 1.51. The maximum Gasteiger partial charge on any atom is 0.119 e. The van der Waals surface area contributed by atoms with Crippen molar-refractivity contribution in [3.8, 4) is 11.4 Å². The molecule has 2 aromatic rings. The molecule has 0 bridgehead atoms. The summed E-state index contributed by atoms with van der Waals surface area (Å²) >= 11 is 0. The van der Waals surface area contributed by atoms with Crippen LogP contribution in [-0.2, 0) is 0 Å². The minimum absolute atomic E-state index is 0.624. The number of aromatic nitrogens is 4. The third kappa shape index (κ3) is 1.66. The molecule has 0 aliphatic carbocycles. The van der Waals surface area contributed by atoms with Gasteiger partial charge in [0.25, 0.3) is 0 Å². The lowest BCUT2D eigenvalue weighted by Crippen LogP contribution is -1.91. The fourth-order valence-electron chi connectivity index (χ4n) is 0.969. The Morgan fingerprint density at radius 3 is 2.85 bits per heavy atom. The SMILES string of the molecule is Cc1cncc(-c2[c]nccn2)n1. The second-order valence-corrected chi connectivity index (χ2v) is 2.56. The Balaban J connectivity index is 2.48. The van der Waals surface area contributed by atoms with Gasteiger partial charge in [0.05, 0.1) is 11.9 Å². The van der Waals surface area contributed by atoms with Gasteiger partial charge in [0.2, 0.25) is 0 Å². The van der Waals surface area contributed by atoms with Crippen LogP contribution >= 0.6 is 0 Å². The van der Waals surface area contributed by atoms with Gasteiger partial charge in [0.15, 0.2) is 0 Å². The standard InChI is InChI=1S/C9H7N4/c1-7-4-11-6-9(13-7)8-5-10-2-3-12-8/h2-4,6H,1H3. The number of nitrogens with zero attached hydrogens (tertiary/aromatic N) is 4. The molecule has 2 heterocycles. The second kappa shape index (κ2) is 3.26. The Morgan fingerprint density at radius 2 is 2.15 bits per heavy atom. The fourth-order valence-corrected chi connectivity index (χ4v) is 0.969. The van der Waals surface area contributed by atoms with E-state index in [0.29, 0.717) is 11.4 Å². The maximum absolute atomic E-state index is 4.25. The third-order valence-corrected chi connectivity index (χ3v) is 1.51.